The van der Waals surface area contributed by atoms with Crippen LogP contribution in [0, 0.1) is 11.7 Å². The zero-order valence-corrected chi connectivity index (χ0v) is 13.2. The van der Waals surface area contributed by atoms with Crippen LogP contribution in [0.25, 0.3) is 0 Å². The number of hydrogen-bond donors (Lipinski definition) is 1. The molecule has 8 heteroatoms. The third-order valence-electron chi connectivity index (χ3n) is 3.76. The number of hydrogen-bond acceptors (Lipinski definition) is 4. The first-order valence-corrected chi connectivity index (χ1v) is 8.82. The molecule has 2 rings (SSSR count). The molecule has 1 aliphatic rings. The number of primary amides is 1. The van der Waals surface area contributed by atoms with Gasteiger partial charge in [0.2, 0.25) is 15.9 Å². The number of nitrogens with zero attached hydrogens (tertiary/aromatic N) is 2. The standard InChI is InChI=1S/C14H20FN3O3S/c1-22(20,21)18-7-6-17(9-12(10-18)14(16)19)8-11-2-4-13(15)5-3-11/h2-5,12H,6-10H2,1H3,(H2,16,19)/t12-/m0/s1. The summed E-state index contributed by atoms with van der Waals surface area (Å²) in [4.78, 5) is 13.5. The minimum Gasteiger partial charge on any atom is -0.369 e. The van der Waals surface area contributed by atoms with Gasteiger partial charge in [0.05, 0.1) is 12.2 Å². The molecular weight excluding hydrogens is 309 g/mol. The Balaban J connectivity index is 2.12. The van der Waals surface area contributed by atoms with Crippen LogP contribution in [0.2, 0.25) is 0 Å². The van der Waals surface area contributed by atoms with Crippen LogP contribution < -0.4 is 5.73 Å². The highest BCUT2D eigenvalue weighted by Crippen LogP contribution is 2.15. The van der Waals surface area contributed by atoms with Gasteiger partial charge in [-0.1, -0.05) is 12.1 Å². The number of nitrogens with two attached hydrogens (primary N) is 1. The van der Waals surface area contributed by atoms with Crippen molar-refractivity contribution >= 4 is 15.9 Å². The molecule has 122 valence electrons. The second-order valence-corrected chi connectivity index (χ2v) is 7.56. The molecule has 0 saturated carbocycles. The molecule has 1 aromatic carbocycles. The number of rotatable bonds is 4. The van der Waals surface area contributed by atoms with Gasteiger partial charge in [-0.25, -0.2) is 17.1 Å². The summed E-state index contributed by atoms with van der Waals surface area (Å²) < 4.78 is 37.7. The average molecular weight is 329 g/mol. The number of amides is 1. The topological polar surface area (TPSA) is 83.7 Å². The predicted octanol–water partition coefficient (Wildman–Crippen LogP) is 0.00440. The van der Waals surface area contributed by atoms with E-state index in [9.17, 15) is 17.6 Å². The van der Waals surface area contributed by atoms with Crippen LogP contribution in [0.5, 0.6) is 0 Å². The molecule has 0 bridgehead atoms. The molecule has 22 heavy (non-hydrogen) atoms. The normalized spacial score (nSPS) is 21.5. The fourth-order valence-corrected chi connectivity index (χ4v) is 3.39. The van der Waals surface area contributed by atoms with Gasteiger partial charge in [-0.15, -0.1) is 0 Å². The summed E-state index contributed by atoms with van der Waals surface area (Å²) in [6.07, 6.45) is 1.13. The Kier molecular flexibility index (Phi) is 5.15. The molecule has 0 spiro atoms. The molecule has 0 radical (unpaired) electrons. The largest absolute Gasteiger partial charge is 0.369 e. The lowest BCUT2D eigenvalue weighted by Crippen LogP contribution is -2.40. The molecule has 0 aromatic heterocycles. The van der Waals surface area contributed by atoms with Crippen molar-refractivity contribution in [2.24, 2.45) is 11.7 Å². The molecular formula is C14H20FN3O3S. The van der Waals surface area contributed by atoms with Crippen molar-refractivity contribution in [2.45, 2.75) is 6.54 Å². The van der Waals surface area contributed by atoms with Gasteiger partial charge in [-0.05, 0) is 17.7 Å². The Bertz CT molecular complexity index is 633. The molecule has 2 N–H and O–H groups in total. The van der Waals surface area contributed by atoms with Crippen LogP contribution in [0.15, 0.2) is 24.3 Å². The van der Waals surface area contributed by atoms with E-state index in [-0.39, 0.29) is 12.4 Å². The smallest absolute Gasteiger partial charge is 0.223 e. The van der Waals surface area contributed by atoms with Gasteiger partial charge < -0.3 is 5.73 Å². The maximum Gasteiger partial charge on any atom is 0.223 e. The maximum atomic E-state index is 12.9. The highest BCUT2D eigenvalue weighted by molar-refractivity contribution is 7.88. The molecule has 0 aliphatic carbocycles. The maximum absolute atomic E-state index is 12.9. The van der Waals surface area contributed by atoms with E-state index < -0.39 is 21.8 Å². The number of benzene rings is 1. The van der Waals surface area contributed by atoms with Gasteiger partial charge in [0.15, 0.2) is 0 Å². The van der Waals surface area contributed by atoms with Gasteiger partial charge in [0, 0.05) is 32.7 Å². The lowest BCUT2D eigenvalue weighted by Gasteiger charge is -2.22. The first-order chi connectivity index (χ1) is 10.3. The Morgan fingerprint density at radius 1 is 1.27 bits per heavy atom. The monoisotopic (exact) mass is 329 g/mol. The number of halogens is 1. The minimum absolute atomic E-state index is 0.105. The third kappa shape index (κ3) is 4.49. The lowest BCUT2D eigenvalue weighted by atomic mass is 10.1. The van der Waals surface area contributed by atoms with Gasteiger partial charge in [-0.3, -0.25) is 9.69 Å². The van der Waals surface area contributed by atoms with Gasteiger partial charge >= 0.3 is 0 Å². The number of carbonyl (C=O) groups is 1. The van der Waals surface area contributed by atoms with E-state index in [1.54, 1.807) is 12.1 Å². The van der Waals surface area contributed by atoms with Crippen molar-refractivity contribution in [3.05, 3.63) is 35.6 Å². The first kappa shape index (κ1) is 16.9. The molecule has 1 atom stereocenters. The van der Waals surface area contributed by atoms with Gasteiger partial charge in [-0.2, -0.15) is 0 Å². The SMILES string of the molecule is CS(=O)(=O)N1CCN(Cc2ccc(F)cc2)C[C@H](C(N)=O)C1. The summed E-state index contributed by atoms with van der Waals surface area (Å²) in [5, 5.41) is 0. The van der Waals surface area contributed by atoms with Crippen LogP contribution in [-0.2, 0) is 21.4 Å². The van der Waals surface area contributed by atoms with Crippen molar-refractivity contribution in [1.82, 2.24) is 9.21 Å². The highest BCUT2D eigenvalue weighted by atomic mass is 32.2. The number of sulfonamides is 1. The second kappa shape index (κ2) is 6.72. The molecule has 1 aromatic rings. The zero-order chi connectivity index (χ0) is 16.3. The molecule has 1 amide bonds. The van der Waals surface area contributed by atoms with Crippen LogP contribution in [0.3, 0.4) is 0 Å². The Morgan fingerprint density at radius 3 is 2.45 bits per heavy atom. The van der Waals surface area contributed by atoms with Crippen LogP contribution in [0.1, 0.15) is 5.56 Å². The molecule has 1 fully saturated rings. The minimum atomic E-state index is -3.37. The van der Waals surface area contributed by atoms with Crippen molar-refractivity contribution in [2.75, 3.05) is 32.4 Å². The Hall–Kier alpha value is -1.51. The van der Waals surface area contributed by atoms with Crippen LogP contribution >= 0.6 is 0 Å². The lowest BCUT2D eigenvalue weighted by molar-refractivity contribution is -0.122. The van der Waals surface area contributed by atoms with Crippen molar-refractivity contribution in [1.29, 1.82) is 0 Å². The molecule has 1 saturated heterocycles. The second-order valence-electron chi connectivity index (χ2n) is 5.58. The van der Waals surface area contributed by atoms with E-state index in [4.69, 9.17) is 5.73 Å². The Morgan fingerprint density at radius 2 is 1.91 bits per heavy atom. The van der Waals surface area contributed by atoms with E-state index in [1.165, 1.54) is 16.4 Å². The van der Waals surface area contributed by atoms with Gasteiger partial charge in [0.25, 0.3) is 0 Å². The van der Waals surface area contributed by atoms with E-state index in [1.807, 2.05) is 4.90 Å². The first-order valence-electron chi connectivity index (χ1n) is 6.97. The summed E-state index contributed by atoms with van der Waals surface area (Å²) in [6.45, 7) is 1.81. The predicted molar refractivity (Wildman–Crippen MR) is 80.8 cm³/mol. The van der Waals surface area contributed by atoms with Crippen molar-refractivity contribution < 1.29 is 17.6 Å². The van der Waals surface area contributed by atoms with Crippen LogP contribution in [-0.4, -0.2) is 56.0 Å². The molecule has 1 aliphatic heterocycles. The van der Waals surface area contributed by atoms with E-state index in [0.717, 1.165) is 11.8 Å². The van der Waals surface area contributed by atoms with Crippen molar-refractivity contribution in [3.8, 4) is 0 Å². The molecule has 1 heterocycles. The third-order valence-corrected chi connectivity index (χ3v) is 5.03. The van der Waals surface area contributed by atoms with Crippen molar-refractivity contribution in [3.63, 3.8) is 0 Å². The number of carbonyl (C=O) groups excluding carboxylic acids is 1. The van der Waals surface area contributed by atoms with Gasteiger partial charge in [0.1, 0.15) is 5.82 Å². The summed E-state index contributed by atoms with van der Waals surface area (Å²) in [5.41, 5.74) is 6.28. The summed E-state index contributed by atoms with van der Waals surface area (Å²) >= 11 is 0. The Labute approximate surface area is 129 Å². The molecule has 0 unspecified atom stereocenters. The summed E-state index contributed by atoms with van der Waals surface area (Å²) in [7, 11) is -3.37. The fraction of sp³-hybridized carbons (Fsp3) is 0.500. The quantitative estimate of drug-likeness (QED) is 0.843. The summed E-state index contributed by atoms with van der Waals surface area (Å²) in [5.74, 6) is -1.38. The average Bonchev–Trinajstić information content (AvgIpc) is 2.64. The highest BCUT2D eigenvalue weighted by Gasteiger charge is 2.30. The van der Waals surface area contributed by atoms with E-state index in [0.29, 0.717) is 26.2 Å². The molecule has 6 nitrogen and oxygen atoms in total. The van der Waals surface area contributed by atoms with E-state index in [2.05, 4.69) is 0 Å². The zero-order valence-electron chi connectivity index (χ0n) is 12.4. The van der Waals surface area contributed by atoms with Crippen LogP contribution in [0.4, 0.5) is 4.39 Å². The summed E-state index contributed by atoms with van der Waals surface area (Å²) in [6, 6.07) is 6.10. The fourth-order valence-electron chi connectivity index (χ4n) is 2.52. The van der Waals surface area contributed by atoms with E-state index >= 15 is 0 Å².